The van der Waals surface area contributed by atoms with Gasteiger partial charge in [0.1, 0.15) is 5.75 Å². The number of ether oxygens (including phenoxy) is 1. The first-order valence-corrected chi connectivity index (χ1v) is 10.4. The summed E-state index contributed by atoms with van der Waals surface area (Å²) in [5.74, 6) is -2.09. The molecule has 2 aliphatic rings. The van der Waals surface area contributed by atoms with Gasteiger partial charge < -0.3 is 20.5 Å². The minimum Gasteiger partial charge on any atom is -0.491 e. The lowest BCUT2D eigenvalue weighted by Crippen LogP contribution is -2.65. The molecule has 1 aromatic heterocycles. The van der Waals surface area contributed by atoms with Crippen molar-refractivity contribution in [2.45, 2.75) is 51.9 Å². The van der Waals surface area contributed by atoms with Gasteiger partial charge in [-0.3, -0.25) is 4.79 Å². The van der Waals surface area contributed by atoms with Gasteiger partial charge in [0.15, 0.2) is 5.69 Å². The predicted molar refractivity (Wildman–Crippen MR) is 111 cm³/mol. The van der Waals surface area contributed by atoms with Crippen molar-refractivity contribution in [1.82, 2.24) is 25.6 Å². The number of nitrogens with zero attached hydrogens (tertiary/aromatic N) is 3. The summed E-state index contributed by atoms with van der Waals surface area (Å²) in [5, 5.41) is 21.8. The minimum atomic E-state index is -5.08. The Labute approximate surface area is 188 Å². The zero-order chi connectivity index (χ0) is 24.4. The quantitative estimate of drug-likeness (QED) is 0.616. The molecule has 1 spiro atoms. The molecule has 1 aliphatic carbocycles. The van der Waals surface area contributed by atoms with Gasteiger partial charge in [-0.2, -0.15) is 13.2 Å². The topological polar surface area (TPSA) is 118 Å². The monoisotopic (exact) mass is 469 g/mol. The normalized spacial score (nSPS) is 16.9. The fourth-order valence-electron chi connectivity index (χ4n) is 3.83. The molecule has 12 heteroatoms. The molecule has 180 valence electrons. The second-order valence-electron chi connectivity index (χ2n) is 8.58. The number of carboxylic acid groups (broad SMARTS) is 1. The van der Waals surface area contributed by atoms with Crippen LogP contribution in [0.2, 0.25) is 0 Å². The number of halogens is 3. The highest BCUT2D eigenvalue weighted by Crippen LogP contribution is 2.44. The van der Waals surface area contributed by atoms with Crippen molar-refractivity contribution >= 4 is 11.9 Å². The molecule has 0 radical (unpaired) electrons. The van der Waals surface area contributed by atoms with E-state index in [1.807, 2.05) is 45.0 Å². The lowest BCUT2D eigenvalue weighted by atomic mass is 9.61. The van der Waals surface area contributed by atoms with Gasteiger partial charge in [-0.1, -0.05) is 5.21 Å². The summed E-state index contributed by atoms with van der Waals surface area (Å²) in [5.41, 5.74) is 2.41. The van der Waals surface area contributed by atoms with E-state index < -0.39 is 12.1 Å². The lowest BCUT2D eigenvalue weighted by Gasteiger charge is -2.54. The average molecular weight is 469 g/mol. The Morgan fingerprint density at radius 1 is 1.24 bits per heavy atom. The summed E-state index contributed by atoms with van der Waals surface area (Å²) in [6, 6.07) is 7.88. The van der Waals surface area contributed by atoms with E-state index in [4.69, 9.17) is 14.6 Å². The summed E-state index contributed by atoms with van der Waals surface area (Å²) < 4.78 is 39.1. The molecular weight excluding hydrogens is 443 g/mol. The van der Waals surface area contributed by atoms with Gasteiger partial charge in [0.05, 0.1) is 17.5 Å². The Balaban J connectivity index is 0.000000383. The molecule has 1 aliphatic heterocycles. The van der Waals surface area contributed by atoms with Crippen molar-refractivity contribution in [3.05, 3.63) is 35.7 Å². The number of nitrogens with one attached hydrogen (secondary N) is 2. The molecule has 1 saturated carbocycles. The zero-order valence-corrected chi connectivity index (χ0v) is 18.4. The van der Waals surface area contributed by atoms with Gasteiger partial charge in [0.25, 0.3) is 5.91 Å². The average Bonchev–Trinajstić information content (AvgIpc) is 3.04. The number of carboxylic acids is 1. The fourth-order valence-corrected chi connectivity index (χ4v) is 3.83. The lowest BCUT2D eigenvalue weighted by molar-refractivity contribution is -0.192. The van der Waals surface area contributed by atoms with Crippen LogP contribution in [0.5, 0.6) is 5.75 Å². The van der Waals surface area contributed by atoms with Crippen LogP contribution in [0.3, 0.4) is 0 Å². The number of hydrogen-bond donors (Lipinski definition) is 3. The maximum Gasteiger partial charge on any atom is 0.490 e. The molecule has 0 atom stereocenters. The summed E-state index contributed by atoms with van der Waals surface area (Å²) in [6.07, 6.45) is -2.85. The van der Waals surface area contributed by atoms with E-state index in [0.717, 1.165) is 43.1 Å². The minimum absolute atomic E-state index is 0.130. The first-order valence-electron chi connectivity index (χ1n) is 10.4. The molecule has 1 aromatic carbocycles. The number of alkyl halides is 3. The van der Waals surface area contributed by atoms with Crippen molar-refractivity contribution in [3.63, 3.8) is 0 Å². The van der Waals surface area contributed by atoms with Gasteiger partial charge in [-0.25, -0.2) is 9.48 Å². The van der Waals surface area contributed by atoms with Gasteiger partial charge in [-0.05, 0) is 63.3 Å². The van der Waals surface area contributed by atoms with Gasteiger partial charge in [0.2, 0.25) is 0 Å². The maximum absolute atomic E-state index is 12.5. The summed E-state index contributed by atoms with van der Waals surface area (Å²) in [4.78, 5) is 21.4. The predicted octanol–water partition coefficient (Wildman–Crippen LogP) is 2.48. The van der Waals surface area contributed by atoms with Crippen LogP contribution >= 0.6 is 0 Å². The molecule has 33 heavy (non-hydrogen) atoms. The van der Waals surface area contributed by atoms with Crippen molar-refractivity contribution in [1.29, 1.82) is 0 Å². The molecule has 2 fully saturated rings. The Bertz CT molecular complexity index is 992. The first kappa shape index (κ1) is 24.5. The third kappa shape index (κ3) is 5.81. The van der Waals surface area contributed by atoms with E-state index >= 15 is 0 Å². The third-order valence-corrected chi connectivity index (χ3v) is 5.50. The van der Waals surface area contributed by atoms with E-state index in [-0.39, 0.29) is 18.1 Å². The zero-order valence-electron chi connectivity index (χ0n) is 18.4. The van der Waals surface area contributed by atoms with Crippen LogP contribution in [0.25, 0.3) is 5.69 Å². The number of benzene rings is 1. The highest BCUT2D eigenvalue weighted by atomic mass is 19.4. The second-order valence-corrected chi connectivity index (χ2v) is 8.58. The molecule has 0 bridgehead atoms. The highest BCUT2D eigenvalue weighted by molar-refractivity contribution is 5.93. The molecule has 2 aromatic rings. The van der Waals surface area contributed by atoms with Crippen molar-refractivity contribution in [3.8, 4) is 11.4 Å². The van der Waals surface area contributed by atoms with E-state index in [9.17, 15) is 18.0 Å². The number of rotatable bonds is 5. The maximum atomic E-state index is 12.5. The first-order chi connectivity index (χ1) is 15.4. The summed E-state index contributed by atoms with van der Waals surface area (Å²) >= 11 is 0. The number of carbonyl (C=O) groups is 2. The number of hydrogen-bond acceptors (Lipinski definition) is 6. The number of amides is 1. The SMILES string of the molecule is Cc1c(C(=O)NC2CC3(CNC3)C2)nnn1-c1ccc(OC(C)C)cc1.O=C(O)C(F)(F)F. The van der Waals surface area contributed by atoms with Gasteiger partial charge in [-0.15, -0.1) is 5.10 Å². The summed E-state index contributed by atoms with van der Waals surface area (Å²) in [6.45, 7) is 8.00. The van der Waals surface area contributed by atoms with Crippen LogP contribution in [-0.4, -0.2) is 63.4 Å². The molecular formula is C21H26F3N5O4. The van der Waals surface area contributed by atoms with Crippen LogP contribution in [0.15, 0.2) is 24.3 Å². The van der Waals surface area contributed by atoms with E-state index in [1.165, 1.54) is 0 Å². The molecule has 0 unspecified atom stereocenters. The Morgan fingerprint density at radius 2 is 1.82 bits per heavy atom. The highest BCUT2D eigenvalue weighted by Gasteiger charge is 2.49. The smallest absolute Gasteiger partial charge is 0.490 e. The van der Waals surface area contributed by atoms with Crippen LogP contribution in [0.4, 0.5) is 13.2 Å². The Kier molecular flexibility index (Phi) is 6.96. The van der Waals surface area contributed by atoms with E-state index in [1.54, 1.807) is 4.68 Å². The van der Waals surface area contributed by atoms with Crippen molar-refractivity contribution in [2.24, 2.45) is 5.41 Å². The second kappa shape index (κ2) is 9.38. The molecule has 4 rings (SSSR count). The van der Waals surface area contributed by atoms with E-state index in [2.05, 4.69) is 20.9 Å². The molecule has 2 heterocycles. The standard InChI is InChI=1S/C19H25N5O2.C2HF3O2/c1-12(2)26-16-6-4-15(5-7-16)24-13(3)17(22-23-24)18(25)21-14-8-19(9-14)10-20-11-19;3-2(4,5)1(6)7/h4-7,12,14,20H,8-11H2,1-3H3,(H,21,25);(H,6,7). The fraction of sp³-hybridized carbons (Fsp3) is 0.524. The van der Waals surface area contributed by atoms with Gasteiger partial charge in [0, 0.05) is 19.1 Å². The van der Waals surface area contributed by atoms with Crippen molar-refractivity contribution in [2.75, 3.05) is 13.1 Å². The molecule has 1 amide bonds. The van der Waals surface area contributed by atoms with Gasteiger partial charge >= 0.3 is 12.1 Å². The summed E-state index contributed by atoms with van der Waals surface area (Å²) in [7, 11) is 0. The van der Waals surface area contributed by atoms with Crippen LogP contribution < -0.4 is 15.4 Å². The van der Waals surface area contributed by atoms with Crippen LogP contribution in [-0.2, 0) is 4.79 Å². The van der Waals surface area contributed by atoms with Crippen LogP contribution in [0, 0.1) is 12.3 Å². The molecule has 9 nitrogen and oxygen atoms in total. The Morgan fingerprint density at radius 3 is 2.27 bits per heavy atom. The molecule has 1 saturated heterocycles. The van der Waals surface area contributed by atoms with Crippen LogP contribution in [0.1, 0.15) is 42.9 Å². The van der Waals surface area contributed by atoms with Crippen molar-refractivity contribution < 1.29 is 32.6 Å². The van der Waals surface area contributed by atoms with E-state index in [0.29, 0.717) is 11.1 Å². The third-order valence-electron chi connectivity index (χ3n) is 5.50. The largest absolute Gasteiger partial charge is 0.491 e. The Hall–Kier alpha value is -3.15. The number of aromatic nitrogens is 3. The number of carbonyl (C=O) groups excluding carboxylic acids is 1. The number of aliphatic carboxylic acids is 1. The molecule has 3 N–H and O–H groups in total.